The van der Waals surface area contributed by atoms with Crippen molar-refractivity contribution >= 4 is 18.3 Å². The molecule has 108 valence electrons. The van der Waals surface area contributed by atoms with Gasteiger partial charge in [-0.25, -0.2) is 0 Å². The van der Waals surface area contributed by atoms with E-state index in [4.69, 9.17) is 5.73 Å². The fourth-order valence-corrected chi connectivity index (χ4v) is 2.54. The van der Waals surface area contributed by atoms with Gasteiger partial charge >= 0.3 is 0 Å². The summed E-state index contributed by atoms with van der Waals surface area (Å²) in [5.74, 6) is 1.52. The molecule has 4 atom stereocenters. The molecule has 0 bridgehead atoms. The highest BCUT2D eigenvalue weighted by Crippen LogP contribution is 2.30. The monoisotopic (exact) mass is 276 g/mol. The van der Waals surface area contributed by atoms with Gasteiger partial charge in [0.15, 0.2) is 0 Å². The number of hydrogen-bond acceptors (Lipinski definition) is 2. The minimum atomic E-state index is -0.0885. The van der Waals surface area contributed by atoms with E-state index in [-0.39, 0.29) is 30.3 Å². The highest BCUT2D eigenvalue weighted by atomic mass is 35.5. The number of nitrogens with two attached hydrogens (primary N) is 1. The molecule has 3 N–H and O–H groups in total. The van der Waals surface area contributed by atoms with Crippen LogP contribution >= 0.6 is 12.4 Å². The fourth-order valence-electron chi connectivity index (χ4n) is 2.54. The van der Waals surface area contributed by atoms with Crippen molar-refractivity contribution in [2.45, 2.75) is 65.5 Å². The standard InChI is InChI=1S/C14H28N2O.ClH/c1-9(2)12-6-5-7-13(8-12)16-14(17)10(3)11(4)15;/h9-13H,5-8,15H2,1-4H3,(H,16,17);1H. The van der Waals surface area contributed by atoms with E-state index >= 15 is 0 Å². The van der Waals surface area contributed by atoms with Crippen LogP contribution in [0.15, 0.2) is 0 Å². The summed E-state index contributed by atoms with van der Waals surface area (Å²) in [6.07, 6.45) is 4.81. The Labute approximate surface area is 118 Å². The molecule has 3 nitrogen and oxygen atoms in total. The minimum Gasteiger partial charge on any atom is -0.353 e. The maximum absolute atomic E-state index is 11.9. The summed E-state index contributed by atoms with van der Waals surface area (Å²) < 4.78 is 0. The van der Waals surface area contributed by atoms with Crippen molar-refractivity contribution in [2.24, 2.45) is 23.5 Å². The molecule has 1 saturated carbocycles. The highest BCUT2D eigenvalue weighted by Gasteiger charge is 2.27. The van der Waals surface area contributed by atoms with E-state index in [1.165, 1.54) is 12.8 Å². The number of rotatable bonds is 4. The van der Waals surface area contributed by atoms with Crippen LogP contribution < -0.4 is 11.1 Å². The molecule has 4 unspecified atom stereocenters. The lowest BCUT2D eigenvalue weighted by atomic mass is 9.79. The Hall–Kier alpha value is -0.280. The van der Waals surface area contributed by atoms with Gasteiger partial charge in [0, 0.05) is 18.0 Å². The Morgan fingerprint density at radius 3 is 2.33 bits per heavy atom. The zero-order valence-electron chi connectivity index (χ0n) is 12.1. The maximum atomic E-state index is 11.9. The number of halogens is 1. The third-order valence-corrected chi connectivity index (χ3v) is 4.21. The Bertz CT molecular complexity index is 256. The lowest BCUT2D eigenvalue weighted by Crippen LogP contribution is -2.45. The van der Waals surface area contributed by atoms with Crippen LogP contribution in [0.25, 0.3) is 0 Å². The van der Waals surface area contributed by atoms with Gasteiger partial charge in [-0.15, -0.1) is 12.4 Å². The first kappa shape index (κ1) is 17.7. The largest absolute Gasteiger partial charge is 0.353 e. The summed E-state index contributed by atoms with van der Waals surface area (Å²) in [6.45, 7) is 8.35. The molecule has 1 aliphatic rings. The normalized spacial score (nSPS) is 27.2. The van der Waals surface area contributed by atoms with Crippen molar-refractivity contribution in [2.75, 3.05) is 0 Å². The SMILES string of the molecule is CC(C)C1CCCC(NC(=O)C(C)C(C)N)C1.Cl. The first-order valence-electron chi connectivity index (χ1n) is 6.97. The number of nitrogens with one attached hydrogen (secondary N) is 1. The zero-order valence-corrected chi connectivity index (χ0v) is 12.9. The molecule has 0 spiro atoms. The van der Waals surface area contributed by atoms with Gasteiger partial charge in [0.05, 0.1) is 0 Å². The molecule has 0 aromatic heterocycles. The predicted molar refractivity (Wildman–Crippen MR) is 78.8 cm³/mol. The zero-order chi connectivity index (χ0) is 13.0. The van der Waals surface area contributed by atoms with Gasteiger partial charge in [-0.05, 0) is 31.6 Å². The average Bonchev–Trinajstić information content (AvgIpc) is 2.28. The van der Waals surface area contributed by atoms with Gasteiger partial charge in [0.1, 0.15) is 0 Å². The summed E-state index contributed by atoms with van der Waals surface area (Å²) in [6, 6.07) is 0.296. The molecule has 0 radical (unpaired) electrons. The van der Waals surface area contributed by atoms with E-state index in [2.05, 4.69) is 19.2 Å². The van der Waals surface area contributed by atoms with E-state index in [0.717, 1.165) is 24.7 Å². The number of amides is 1. The van der Waals surface area contributed by atoms with E-state index in [0.29, 0.717) is 6.04 Å². The first-order chi connectivity index (χ1) is 7.91. The summed E-state index contributed by atoms with van der Waals surface area (Å²) in [5.41, 5.74) is 5.76. The van der Waals surface area contributed by atoms with E-state index in [1.54, 1.807) is 0 Å². The Kier molecular flexibility index (Phi) is 7.88. The second-order valence-corrected chi connectivity index (χ2v) is 6.02. The number of carbonyl (C=O) groups is 1. The summed E-state index contributed by atoms with van der Waals surface area (Å²) in [5, 5.41) is 3.17. The van der Waals surface area contributed by atoms with Crippen LogP contribution in [0.3, 0.4) is 0 Å². The highest BCUT2D eigenvalue weighted by molar-refractivity contribution is 5.85. The van der Waals surface area contributed by atoms with Crippen molar-refractivity contribution < 1.29 is 4.79 Å². The van der Waals surface area contributed by atoms with Gasteiger partial charge in [0.25, 0.3) is 0 Å². The molecule has 4 heteroatoms. The van der Waals surface area contributed by atoms with Gasteiger partial charge in [-0.3, -0.25) is 4.79 Å². The van der Waals surface area contributed by atoms with Crippen LogP contribution in [0.2, 0.25) is 0 Å². The third-order valence-electron chi connectivity index (χ3n) is 4.21. The van der Waals surface area contributed by atoms with Crippen LogP contribution in [-0.4, -0.2) is 18.0 Å². The first-order valence-corrected chi connectivity index (χ1v) is 6.97. The molecule has 1 rings (SSSR count). The molecule has 0 aromatic rings. The molecule has 1 aliphatic carbocycles. The fraction of sp³-hybridized carbons (Fsp3) is 0.929. The van der Waals surface area contributed by atoms with E-state index in [1.807, 2.05) is 13.8 Å². The second-order valence-electron chi connectivity index (χ2n) is 6.02. The molecule has 0 aromatic carbocycles. The van der Waals surface area contributed by atoms with Crippen LogP contribution in [0.1, 0.15) is 53.4 Å². The molecular weight excluding hydrogens is 248 g/mol. The van der Waals surface area contributed by atoms with Crippen LogP contribution in [0.5, 0.6) is 0 Å². The third kappa shape index (κ3) is 5.15. The van der Waals surface area contributed by atoms with Crippen LogP contribution in [0.4, 0.5) is 0 Å². The van der Waals surface area contributed by atoms with Crippen molar-refractivity contribution in [1.29, 1.82) is 0 Å². The number of carbonyl (C=O) groups excluding carboxylic acids is 1. The summed E-state index contributed by atoms with van der Waals surface area (Å²) in [7, 11) is 0. The Balaban J connectivity index is 0.00000289. The van der Waals surface area contributed by atoms with Gasteiger partial charge < -0.3 is 11.1 Å². The predicted octanol–water partition coefficient (Wildman–Crippen LogP) is 2.72. The molecule has 1 fully saturated rings. The maximum Gasteiger partial charge on any atom is 0.224 e. The van der Waals surface area contributed by atoms with E-state index in [9.17, 15) is 4.79 Å². The lowest BCUT2D eigenvalue weighted by molar-refractivity contribution is -0.126. The Morgan fingerprint density at radius 2 is 1.83 bits per heavy atom. The molecule has 0 aliphatic heterocycles. The van der Waals surface area contributed by atoms with Gasteiger partial charge in [0.2, 0.25) is 5.91 Å². The van der Waals surface area contributed by atoms with Gasteiger partial charge in [-0.2, -0.15) is 0 Å². The van der Waals surface area contributed by atoms with E-state index < -0.39 is 0 Å². The van der Waals surface area contributed by atoms with Crippen molar-refractivity contribution in [3.63, 3.8) is 0 Å². The van der Waals surface area contributed by atoms with Crippen molar-refractivity contribution in [3.05, 3.63) is 0 Å². The van der Waals surface area contributed by atoms with Gasteiger partial charge in [-0.1, -0.05) is 33.6 Å². The molecular formula is C14H29ClN2O. The second kappa shape index (κ2) is 8.00. The summed E-state index contributed by atoms with van der Waals surface area (Å²) >= 11 is 0. The molecule has 18 heavy (non-hydrogen) atoms. The smallest absolute Gasteiger partial charge is 0.224 e. The van der Waals surface area contributed by atoms with Crippen molar-refractivity contribution in [1.82, 2.24) is 5.32 Å². The summed E-state index contributed by atoms with van der Waals surface area (Å²) in [4.78, 5) is 11.9. The quantitative estimate of drug-likeness (QED) is 0.830. The molecule has 0 saturated heterocycles. The Morgan fingerprint density at radius 1 is 1.22 bits per heavy atom. The number of hydrogen-bond donors (Lipinski definition) is 2. The van der Waals surface area contributed by atoms with Crippen molar-refractivity contribution in [3.8, 4) is 0 Å². The topological polar surface area (TPSA) is 55.1 Å². The average molecular weight is 277 g/mol. The minimum absolute atomic E-state index is 0. The lowest BCUT2D eigenvalue weighted by Gasteiger charge is -2.33. The molecule has 0 heterocycles. The molecule has 1 amide bonds. The van der Waals surface area contributed by atoms with Crippen LogP contribution in [-0.2, 0) is 4.79 Å². The van der Waals surface area contributed by atoms with Crippen LogP contribution in [0, 0.1) is 17.8 Å².